The Morgan fingerprint density at radius 2 is 2.25 bits per heavy atom. The van der Waals surface area contributed by atoms with E-state index in [-0.39, 0.29) is 0 Å². The van der Waals surface area contributed by atoms with Crippen LogP contribution in [0, 0.1) is 6.92 Å². The second kappa shape index (κ2) is 7.77. The Labute approximate surface area is 123 Å². The second-order valence-electron chi connectivity index (χ2n) is 6.07. The van der Waals surface area contributed by atoms with Gasteiger partial charge in [-0.2, -0.15) is 0 Å². The van der Waals surface area contributed by atoms with Gasteiger partial charge < -0.3 is 15.0 Å². The van der Waals surface area contributed by atoms with Crippen LogP contribution in [0.25, 0.3) is 0 Å². The Hall–Kier alpha value is -0.900. The molecule has 1 fully saturated rings. The maximum atomic E-state index is 5.72. The third kappa shape index (κ3) is 5.23. The van der Waals surface area contributed by atoms with Crippen LogP contribution in [-0.4, -0.2) is 49.8 Å². The smallest absolute Gasteiger partial charge is 0.0635 e. The molecule has 1 heterocycles. The molecule has 112 valence electrons. The Kier molecular flexibility index (Phi) is 6.02. The van der Waals surface area contributed by atoms with Crippen LogP contribution in [0.2, 0.25) is 0 Å². The minimum atomic E-state index is 0.319. The summed E-state index contributed by atoms with van der Waals surface area (Å²) < 4.78 is 5.72. The SMILES string of the molecule is Cc1cccc(CCN2CCNC(COC(C)C)C2)c1. The maximum Gasteiger partial charge on any atom is 0.0635 e. The van der Waals surface area contributed by atoms with Crippen LogP contribution in [-0.2, 0) is 11.2 Å². The highest BCUT2D eigenvalue weighted by Gasteiger charge is 2.19. The fourth-order valence-electron chi connectivity index (χ4n) is 2.67. The van der Waals surface area contributed by atoms with Crippen LogP contribution in [0.5, 0.6) is 0 Å². The number of ether oxygens (including phenoxy) is 1. The van der Waals surface area contributed by atoms with Crippen molar-refractivity contribution in [3.8, 4) is 0 Å². The first-order valence-electron chi connectivity index (χ1n) is 7.76. The van der Waals surface area contributed by atoms with Gasteiger partial charge in [0.15, 0.2) is 0 Å². The van der Waals surface area contributed by atoms with E-state index >= 15 is 0 Å². The van der Waals surface area contributed by atoms with Crippen LogP contribution < -0.4 is 5.32 Å². The van der Waals surface area contributed by atoms with Gasteiger partial charge in [-0.05, 0) is 32.8 Å². The van der Waals surface area contributed by atoms with Gasteiger partial charge in [0.05, 0.1) is 12.7 Å². The van der Waals surface area contributed by atoms with Crippen molar-refractivity contribution in [2.75, 3.05) is 32.8 Å². The maximum absolute atomic E-state index is 5.72. The van der Waals surface area contributed by atoms with Gasteiger partial charge in [-0.25, -0.2) is 0 Å². The van der Waals surface area contributed by atoms with Gasteiger partial charge in [-0.1, -0.05) is 29.8 Å². The van der Waals surface area contributed by atoms with Crippen LogP contribution in [0.4, 0.5) is 0 Å². The molecule has 1 aliphatic heterocycles. The summed E-state index contributed by atoms with van der Waals surface area (Å²) in [4.78, 5) is 2.55. The number of hydrogen-bond donors (Lipinski definition) is 1. The van der Waals surface area contributed by atoms with Gasteiger partial charge in [0.1, 0.15) is 0 Å². The van der Waals surface area contributed by atoms with Crippen molar-refractivity contribution in [2.24, 2.45) is 0 Å². The topological polar surface area (TPSA) is 24.5 Å². The zero-order valence-electron chi connectivity index (χ0n) is 13.1. The van der Waals surface area contributed by atoms with Crippen LogP contribution in [0.3, 0.4) is 0 Å². The van der Waals surface area contributed by atoms with E-state index in [1.54, 1.807) is 0 Å². The van der Waals surface area contributed by atoms with E-state index in [4.69, 9.17) is 4.74 Å². The van der Waals surface area contributed by atoms with Gasteiger partial charge >= 0.3 is 0 Å². The van der Waals surface area contributed by atoms with E-state index < -0.39 is 0 Å². The van der Waals surface area contributed by atoms with Crippen LogP contribution >= 0.6 is 0 Å². The zero-order chi connectivity index (χ0) is 14.4. The normalized spacial score (nSPS) is 20.5. The summed E-state index contributed by atoms with van der Waals surface area (Å²) in [6.07, 6.45) is 1.46. The molecule has 0 saturated carbocycles. The largest absolute Gasteiger partial charge is 0.377 e. The third-order valence-corrected chi connectivity index (χ3v) is 3.77. The van der Waals surface area contributed by atoms with Crippen molar-refractivity contribution in [1.29, 1.82) is 0 Å². The van der Waals surface area contributed by atoms with E-state index in [0.29, 0.717) is 12.1 Å². The van der Waals surface area contributed by atoms with E-state index in [9.17, 15) is 0 Å². The van der Waals surface area contributed by atoms with Gasteiger partial charge in [0.25, 0.3) is 0 Å². The number of benzene rings is 1. The fraction of sp³-hybridized carbons (Fsp3) is 0.647. The molecule has 1 aliphatic rings. The summed E-state index contributed by atoms with van der Waals surface area (Å²) in [5.74, 6) is 0. The number of nitrogens with zero attached hydrogens (tertiary/aromatic N) is 1. The number of piperazine rings is 1. The average Bonchev–Trinajstić information content (AvgIpc) is 2.43. The molecule has 0 radical (unpaired) electrons. The predicted molar refractivity (Wildman–Crippen MR) is 84.2 cm³/mol. The molecule has 0 bridgehead atoms. The Balaban J connectivity index is 1.75. The van der Waals surface area contributed by atoms with Gasteiger partial charge in [0.2, 0.25) is 0 Å². The summed E-state index contributed by atoms with van der Waals surface area (Å²) in [6, 6.07) is 9.31. The lowest BCUT2D eigenvalue weighted by Gasteiger charge is -2.34. The molecule has 1 aromatic rings. The zero-order valence-corrected chi connectivity index (χ0v) is 13.1. The predicted octanol–water partition coefficient (Wildman–Crippen LogP) is 2.24. The lowest BCUT2D eigenvalue weighted by Crippen LogP contribution is -2.53. The molecule has 0 aliphatic carbocycles. The summed E-state index contributed by atoms with van der Waals surface area (Å²) in [5.41, 5.74) is 2.80. The summed E-state index contributed by atoms with van der Waals surface area (Å²) >= 11 is 0. The summed E-state index contributed by atoms with van der Waals surface area (Å²) in [6.45, 7) is 11.6. The first-order valence-corrected chi connectivity index (χ1v) is 7.76. The van der Waals surface area contributed by atoms with Crippen molar-refractivity contribution in [1.82, 2.24) is 10.2 Å². The van der Waals surface area contributed by atoms with Crippen LogP contribution in [0.1, 0.15) is 25.0 Å². The number of nitrogens with one attached hydrogen (secondary N) is 1. The Morgan fingerprint density at radius 1 is 1.40 bits per heavy atom. The third-order valence-electron chi connectivity index (χ3n) is 3.77. The van der Waals surface area contributed by atoms with Gasteiger partial charge in [-0.3, -0.25) is 0 Å². The van der Waals surface area contributed by atoms with Crippen molar-refractivity contribution in [3.63, 3.8) is 0 Å². The number of hydrogen-bond acceptors (Lipinski definition) is 3. The molecular formula is C17H28N2O. The molecule has 20 heavy (non-hydrogen) atoms. The number of aryl methyl sites for hydroxylation is 1. The molecule has 3 nitrogen and oxygen atoms in total. The Morgan fingerprint density at radius 3 is 3.00 bits per heavy atom. The monoisotopic (exact) mass is 276 g/mol. The highest BCUT2D eigenvalue weighted by atomic mass is 16.5. The lowest BCUT2D eigenvalue weighted by molar-refractivity contribution is 0.0434. The van der Waals surface area contributed by atoms with Gasteiger partial charge in [-0.15, -0.1) is 0 Å². The first-order chi connectivity index (χ1) is 9.63. The highest BCUT2D eigenvalue weighted by Crippen LogP contribution is 2.07. The molecule has 2 rings (SSSR count). The molecule has 1 N–H and O–H groups in total. The first kappa shape index (κ1) is 15.5. The lowest BCUT2D eigenvalue weighted by atomic mass is 10.1. The van der Waals surface area contributed by atoms with Crippen molar-refractivity contribution < 1.29 is 4.74 Å². The average molecular weight is 276 g/mol. The minimum absolute atomic E-state index is 0.319. The number of rotatable bonds is 6. The van der Waals surface area contributed by atoms with Crippen molar-refractivity contribution >= 4 is 0 Å². The second-order valence-corrected chi connectivity index (χ2v) is 6.07. The summed E-state index contributed by atoms with van der Waals surface area (Å²) in [5, 5.41) is 3.55. The molecule has 0 spiro atoms. The van der Waals surface area contributed by atoms with E-state index in [1.165, 1.54) is 11.1 Å². The highest BCUT2D eigenvalue weighted by molar-refractivity contribution is 5.22. The summed E-state index contributed by atoms with van der Waals surface area (Å²) in [7, 11) is 0. The molecule has 0 amide bonds. The standard InChI is InChI=1S/C17H28N2O/c1-14(2)20-13-17-12-19(10-8-18-17)9-7-16-6-4-5-15(3)11-16/h4-6,11,14,17-18H,7-10,12-13H2,1-3H3. The van der Waals surface area contributed by atoms with Crippen LogP contribution in [0.15, 0.2) is 24.3 Å². The molecular weight excluding hydrogens is 248 g/mol. The Bertz CT molecular complexity index is 406. The molecule has 1 atom stereocenters. The van der Waals surface area contributed by atoms with E-state index in [2.05, 4.69) is 55.3 Å². The molecule has 1 aromatic carbocycles. The van der Waals surface area contributed by atoms with E-state index in [0.717, 1.165) is 39.2 Å². The van der Waals surface area contributed by atoms with E-state index in [1.807, 2.05) is 0 Å². The molecule has 1 unspecified atom stereocenters. The van der Waals surface area contributed by atoms with Crippen molar-refractivity contribution in [2.45, 2.75) is 39.3 Å². The fourth-order valence-corrected chi connectivity index (χ4v) is 2.67. The molecule has 0 aromatic heterocycles. The quantitative estimate of drug-likeness (QED) is 0.862. The molecule has 1 saturated heterocycles. The van der Waals surface area contributed by atoms with Gasteiger partial charge in [0, 0.05) is 32.2 Å². The molecule has 3 heteroatoms. The minimum Gasteiger partial charge on any atom is -0.377 e. The van der Waals surface area contributed by atoms with Crippen molar-refractivity contribution in [3.05, 3.63) is 35.4 Å².